The van der Waals surface area contributed by atoms with Crippen molar-refractivity contribution in [3.63, 3.8) is 0 Å². The van der Waals surface area contributed by atoms with Crippen molar-refractivity contribution in [1.82, 2.24) is 0 Å². The molecule has 0 saturated carbocycles. The van der Waals surface area contributed by atoms with Crippen molar-refractivity contribution < 1.29 is 19.1 Å². The van der Waals surface area contributed by atoms with E-state index in [0.29, 0.717) is 12.8 Å². The number of hydrogen-bond acceptors (Lipinski definition) is 4. The minimum absolute atomic E-state index is 0.00120. The van der Waals surface area contributed by atoms with Gasteiger partial charge in [0, 0.05) is 5.92 Å². The number of carbonyl (C=O) groups is 2. The summed E-state index contributed by atoms with van der Waals surface area (Å²) in [6, 6.07) is 6.18. The van der Waals surface area contributed by atoms with Gasteiger partial charge in [-0.25, -0.2) is 0 Å². The topological polar surface area (TPSA) is 52.6 Å². The van der Waals surface area contributed by atoms with Crippen molar-refractivity contribution in [3.8, 4) is 0 Å². The summed E-state index contributed by atoms with van der Waals surface area (Å²) in [7, 11) is 2.65. The van der Waals surface area contributed by atoms with E-state index in [4.69, 9.17) is 9.47 Å². The molecule has 2 rings (SSSR count). The molecular formula is C21H28O4. The lowest BCUT2D eigenvalue weighted by Gasteiger charge is -2.37. The molecule has 136 valence electrons. The quantitative estimate of drug-likeness (QED) is 0.337. The van der Waals surface area contributed by atoms with Gasteiger partial charge < -0.3 is 9.47 Å². The molecule has 0 aromatic heterocycles. The summed E-state index contributed by atoms with van der Waals surface area (Å²) in [5.41, 5.74) is 2.11. The maximum atomic E-state index is 12.5. The number of esters is 2. The number of unbranched alkanes of at least 4 members (excludes halogenated alkanes) is 2. The van der Waals surface area contributed by atoms with Gasteiger partial charge in [-0.1, -0.05) is 55.7 Å². The van der Waals surface area contributed by atoms with Gasteiger partial charge in [-0.2, -0.15) is 0 Å². The molecule has 0 aliphatic heterocycles. The van der Waals surface area contributed by atoms with E-state index in [1.165, 1.54) is 25.3 Å². The third kappa shape index (κ3) is 3.94. The van der Waals surface area contributed by atoms with Crippen LogP contribution in [0.25, 0.3) is 0 Å². The second-order valence-electron chi connectivity index (χ2n) is 6.83. The van der Waals surface area contributed by atoms with Gasteiger partial charge in [0.25, 0.3) is 0 Å². The Labute approximate surface area is 150 Å². The second kappa shape index (κ2) is 8.32. The minimum atomic E-state index is -1.27. The Bertz CT molecular complexity index is 644. The second-order valence-corrected chi connectivity index (χ2v) is 6.83. The molecule has 1 aliphatic carbocycles. The van der Waals surface area contributed by atoms with Crippen LogP contribution in [0, 0.1) is 12.3 Å². The Morgan fingerprint density at radius 3 is 2.52 bits per heavy atom. The molecule has 1 aromatic rings. The van der Waals surface area contributed by atoms with Gasteiger partial charge in [-0.3, -0.25) is 9.59 Å². The van der Waals surface area contributed by atoms with E-state index < -0.39 is 17.4 Å². The Kier molecular flexibility index (Phi) is 6.40. The van der Waals surface area contributed by atoms with E-state index in [1.807, 2.05) is 12.1 Å². The SMILES string of the molecule is CCCC/C=C/C1CC(C(=O)OC)(C(=O)OC)Cc2ccc(C)cc21. The Balaban J connectivity index is 2.47. The van der Waals surface area contributed by atoms with Crippen molar-refractivity contribution >= 4 is 11.9 Å². The lowest BCUT2D eigenvalue weighted by Crippen LogP contribution is -2.46. The van der Waals surface area contributed by atoms with Crippen molar-refractivity contribution in [3.05, 3.63) is 47.0 Å². The first-order chi connectivity index (χ1) is 12.0. The molecule has 1 aromatic carbocycles. The number of aryl methyl sites for hydroxylation is 1. The van der Waals surface area contributed by atoms with Crippen LogP contribution in [-0.2, 0) is 25.5 Å². The molecule has 0 amide bonds. The van der Waals surface area contributed by atoms with Crippen LogP contribution < -0.4 is 0 Å². The van der Waals surface area contributed by atoms with E-state index in [2.05, 4.69) is 32.1 Å². The third-order valence-electron chi connectivity index (χ3n) is 5.01. The number of hydrogen-bond donors (Lipinski definition) is 0. The minimum Gasteiger partial charge on any atom is -0.468 e. The average Bonchev–Trinajstić information content (AvgIpc) is 2.63. The van der Waals surface area contributed by atoms with Crippen LogP contribution in [0.5, 0.6) is 0 Å². The molecule has 0 N–H and O–H groups in total. The monoisotopic (exact) mass is 344 g/mol. The highest BCUT2D eigenvalue weighted by molar-refractivity contribution is 6.00. The molecule has 0 heterocycles. The average molecular weight is 344 g/mol. The van der Waals surface area contributed by atoms with Crippen LogP contribution in [0.1, 0.15) is 55.2 Å². The number of allylic oxidation sites excluding steroid dienone is 2. The predicted molar refractivity (Wildman–Crippen MR) is 97.4 cm³/mol. The van der Waals surface area contributed by atoms with E-state index in [-0.39, 0.29) is 5.92 Å². The first-order valence-corrected chi connectivity index (χ1v) is 8.91. The molecule has 0 fully saturated rings. The van der Waals surface area contributed by atoms with Crippen LogP contribution in [0.2, 0.25) is 0 Å². The highest BCUT2D eigenvalue weighted by Crippen LogP contribution is 2.45. The van der Waals surface area contributed by atoms with E-state index in [0.717, 1.165) is 24.8 Å². The molecule has 1 unspecified atom stereocenters. The van der Waals surface area contributed by atoms with Crippen molar-refractivity contribution in [2.75, 3.05) is 14.2 Å². The number of methoxy groups -OCH3 is 2. The standard InChI is InChI=1S/C21H28O4/c1-5-6-7-8-9-16-13-21(19(22)24-3,20(23)25-4)14-17-11-10-15(2)12-18(16)17/h8-12,16H,5-7,13-14H2,1-4H3/b9-8+. The molecule has 0 saturated heterocycles. The van der Waals surface area contributed by atoms with Gasteiger partial charge in [0.2, 0.25) is 0 Å². The lowest BCUT2D eigenvalue weighted by molar-refractivity contribution is -0.170. The van der Waals surface area contributed by atoms with Crippen LogP contribution in [0.15, 0.2) is 30.4 Å². The first kappa shape index (κ1) is 19.2. The van der Waals surface area contributed by atoms with Gasteiger partial charge in [0.15, 0.2) is 5.41 Å². The highest BCUT2D eigenvalue weighted by atomic mass is 16.5. The van der Waals surface area contributed by atoms with Gasteiger partial charge in [0.05, 0.1) is 14.2 Å². The van der Waals surface area contributed by atoms with Crippen molar-refractivity contribution in [1.29, 1.82) is 0 Å². The fraction of sp³-hybridized carbons (Fsp3) is 0.524. The number of benzene rings is 1. The summed E-state index contributed by atoms with van der Waals surface area (Å²) in [5, 5.41) is 0. The third-order valence-corrected chi connectivity index (χ3v) is 5.01. The zero-order valence-corrected chi connectivity index (χ0v) is 15.6. The summed E-state index contributed by atoms with van der Waals surface area (Å²) in [5.74, 6) is -1.03. The van der Waals surface area contributed by atoms with Crippen LogP contribution in [0.4, 0.5) is 0 Å². The zero-order chi connectivity index (χ0) is 18.4. The predicted octanol–water partition coefficient (Wildman–Crippen LogP) is 4.10. The van der Waals surface area contributed by atoms with Crippen LogP contribution in [-0.4, -0.2) is 26.2 Å². The zero-order valence-electron chi connectivity index (χ0n) is 15.6. The van der Waals surface area contributed by atoms with Gasteiger partial charge in [0.1, 0.15) is 0 Å². The summed E-state index contributed by atoms with van der Waals surface area (Å²) in [6.07, 6.45) is 8.25. The summed E-state index contributed by atoms with van der Waals surface area (Å²) >= 11 is 0. The van der Waals surface area contributed by atoms with Gasteiger partial charge in [-0.05, 0) is 37.3 Å². The summed E-state index contributed by atoms with van der Waals surface area (Å²) < 4.78 is 9.96. The van der Waals surface area contributed by atoms with Crippen LogP contribution >= 0.6 is 0 Å². The lowest BCUT2D eigenvalue weighted by atomic mass is 9.66. The van der Waals surface area contributed by atoms with Gasteiger partial charge in [-0.15, -0.1) is 0 Å². The maximum absolute atomic E-state index is 12.5. The van der Waals surface area contributed by atoms with Crippen molar-refractivity contribution in [2.45, 2.75) is 51.9 Å². The largest absolute Gasteiger partial charge is 0.468 e. The molecule has 0 bridgehead atoms. The van der Waals surface area contributed by atoms with Gasteiger partial charge >= 0.3 is 11.9 Å². The first-order valence-electron chi connectivity index (χ1n) is 8.91. The number of fused-ring (bicyclic) bond motifs is 1. The van der Waals surface area contributed by atoms with E-state index >= 15 is 0 Å². The Morgan fingerprint density at radius 1 is 1.24 bits per heavy atom. The molecule has 4 heteroatoms. The molecule has 0 spiro atoms. The normalized spacial score (nSPS) is 18.6. The highest BCUT2D eigenvalue weighted by Gasteiger charge is 2.52. The number of rotatable bonds is 6. The smallest absolute Gasteiger partial charge is 0.323 e. The molecule has 25 heavy (non-hydrogen) atoms. The molecule has 1 atom stereocenters. The molecular weight excluding hydrogens is 316 g/mol. The Morgan fingerprint density at radius 2 is 1.92 bits per heavy atom. The number of ether oxygens (including phenoxy) is 2. The molecule has 4 nitrogen and oxygen atoms in total. The fourth-order valence-corrected chi connectivity index (χ4v) is 3.64. The van der Waals surface area contributed by atoms with E-state index in [9.17, 15) is 9.59 Å². The molecule has 1 aliphatic rings. The molecule has 0 radical (unpaired) electrons. The fourth-order valence-electron chi connectivity index (χ4n) is 3.64. The number of carbonyl (C=O) groups excluding carboxylic acids is 2. The summed E-state index contributed by atoms with van der Waals surface area (Å²) in [4.78, 5) is 25.1. The maximum Gasteiger partial charge on any atom is 0.323 e. The van der Waals surface area contributed by atoms with Crippen molar-refractivity contribution in [2.24, 2.45) is 5.41 Å². The Hall–Kier alpha value is -2.10. The summed E-state index contributed by atoms with van der Waals surface area (Å²) in [6.45, 7) is 4.22. The van der Waals surface area contributed by atoms with E-state index in [1.54, 1.807) is 0 Å². The van der Waals surface area contributed by atoms with Crippen LogP contribution in [0.3, 0.4) is 0 Å².